The second-order valence-corrected chi connectivity index (χ2v) is 13.8. The van der Waals surface area contributed by atoms with Crippen molar-refractivity contribution in [2.45, 2.75) is 5.41 Å². The van der Waals surface area contributed by atoms with Gasteiger partial charge in [0.15, 0.2) is 0 Å². The molecule has 0 heterocycles. The molecule has 1 nitrogen and oxygen atoms in total. The third kappa shape index (κ3) is 5.50. The summed E-state index contributed by atoms with van der Waals surface area (Å²) in [5.41, 5.74) is 15.0. The van der Waals surface area contributed by atoms with E-state index < -0.39 is 5.41 Å². The quantitative estimate of drug-likeness (QED) is 0.136. The highest BCUT2D eigenvalue weighted by atomic mass is 15.1. The summed E-state index contributed by atoms with van der Waals surface area (Å²) in [6.07, 6.45) is 5.68. The Morgan fingerprint density at radius 3 is 1.69 bits per heavy atom. The van der Waals surface area contributed by atoms with E-state index in [1.54, 1.807) is 0 Å². The molecule has 8 aromatic carbocycles. The van der Waals surface area contributed by atoms with Crippen LogP contribution in [-0.4, -0.2) is 0 Å². The molecule has 54 heavy (non-hydrogen) atoms. The third-order valence-electron chi connectivity index (χ3n) is 10.9. The number of anilines is 3. The van der Waals surface area contributed by atoms with Crippen LogP contribution in [0.25, 0.3) is 38.6 Å². The second kappa shape index (κ2) is 13.9. The van der Waals surface area contributed by atoms with E-state index >= 15 is 0 Å². The van der Waals surface area contributed by atoms with Crippen molar-refractivity contribution in [1.82, 2.24) is 0 Å². The SMILES string of the molecule is C=C/C=C(\C=C)c1ccc(N(c2ccc3c(c2)-c2ccccc2C3(c2ccccc2)c2ccccc2)c2ccc3cc(-c4ccccc4)ccc3c2)cc1. The molecule has 0 fully saturated rings. The van der Waals surface area contributed by atoms with Crippen molar-refractivity contribution in [3.8, 4) is 22.3 Å². The standard InChI is InChI=1S/C53H39N/c1-3-16-38(4-2)40-27-30-46(31-28-40)54(47-32-29-42-35-41(25-26-43(42)36-47)39-17-8-5-9-18-39)48-33-34-52-50(37-48)49-23-14-15-24-51(49)53(52,44-19-10-6-11-20-44)45-21-12-7-13-22-45/h3-37H,1-2H2/b38-16+. The lowest BCUT2D eigenvalue weighted by molar-refractivity contribution is 0.768. The van der Waals surface area contributed by atoms with E-state index in [0.29, 0.717) is 0 Å². The molecule has 0 aliphatic heterocycles. The Labute approximate surface area is 318 Å². The summed E-state index contributed by atoms with van der Waals surface area (Å²) >= 11 is 0. The van der Waals surface area contributed by atoms with E-state index in [9.17, 15) is 0 Å². The van der Waals surface area contributed by atoms with Crippen LogP contribution >= 0.6 is 0 Å². The van der Waals surface area contributed by atoms with Gasteiger partial charge in [0, 0.05) is 17.1 Å². The average molecular weight is 690 g/mol. The summed E-state index contributed by atoms with van der Waals surface area (Å²) in [5, 5.41) is 2.40. The Morgan fingerprint density at radius 2 is 1.00 bits per heavy atom. The van der Waals surface area contributed by atoms with E-state index in [0.717, 1.165) is 28.2 Å². The summed E-state index contributed by atoms with van der Waals surface area (Å²) in [7, 11) is 0. The van der Waals surface area contributed by atoms with Crippen LogP contribution < -0.4 is 4.90 Å². The van der Waals surface area contributed by atoms with Crippen LogP contribution in [0.4, 0.5) is 17.1 Å². The van der Waals surface area contributed by atoms with Crippen molar-refractivity contribution < 1.29 is 0 Å². The van der Waals surface area contributed by atoms with Crippen LogP contribution in [-0.2, 0) is 5.41 Å². The van der Waals surface area contributed by atoms with Gasteiger partial charge in [-0.25, -0.2) is 0 Å². The highest BCUT2D eigenvalue weighted by Crippen LogP contribution is 2.57. The smallest absolute Gasteiger partial charge is 0.0713 e. The lowest BCUT2D eigenvalue weighted by atomic mass is 9.68. The molecule has 0 atom stereocenters. The molecule has 8 aromatic rings. The molecule has 1 aliphatic rings. The van der Waals surface area contributed by atoms with Crippen LogP contribution in [0.2, 0.25) is 0 Å². The Morgan fingerprint density at radius 1 is 0.444 bits per heavy atom. The molecule has 0 spiro atoms. The number of benzene rings is 8. The molecule has 0 unspecified atom stereocenters. The largest absolute Gasteiger partial charge is 0.310 e. The molecule has 1 heteroatoms. The molecular weight excluding hydrogens is 651 g/mol. The maximum atomic E-state index is 4.04. The normalized spacial score (nSPS) is 12.9. The molecule has 9 rings (SSSR count). The van der Waals surface area contributed by atoms with Crippen LogP contribution in [0.1, 0.15) is 27.8 Å². The van der Waals surface area contributed by atoms with E-state index in [4.69, 9.17) is 0 Å². The predicted octanol–water partition coefficient (Wildman–Crippen LogP) is 14.1. The zero-order valence-corrected chi connectivity index (χ0v) is 30.1. The van der Waals surface area contributed by atoms with Gasteiger partial charge >= 0.3 is 0 Å². The number of allylic oxidation sites excluding steroid dienone is 4. The molecule has 0 aromatic heterocycles. The minimum atomic E-state index is -0.447. The third-order valence-corrected chi connectivity index (χ3v) is 10.9. The van der Waals surface area contributed by atoms with Crippen LogP contribution in [0.3, 0.4) is 0 Å². The molecule has 0 saturated carbocycles. The van der Waals surface area contributed by atoms with Gasteiger partial charge in [-0.05, 0) is 109 Å². The average Bonchev–Trinajstić information content (AvgIpc) is 3.54. The van der Waals surface area contributed by atoms with Crippen molar-refractivity contribution in [2.75, 3.05) is 4.90 Å². The molecule has 256 valence electrons. The molecular formula is C53H39N. The summed E-state index contributed by atoms with van der Waals surface area (Å²) in [6, 6.07) is 70.8. The minimum absolute atomic E-state index is 0.447. The van der Waals surface area contributed by atoms with Gasteiger partial charge in [0.2, 0.25) is 0 Å². The number of hydrogen-bond acceptors (Lipinski definition) is 1. The Balaban J connectivity index is 1.24. The lowest BCUT2D eigenvalue weighted by Gasteiger charge is -2.34. The monoisotopic (exact) mass is 689 g/mol. The second-order valence-electron chi connectivity index (χ2n) is 13.8. The zero-order chi connectivity index (χ0) is 36.5. The fourth-order valence-corrected chi connectivity index (χ4v) is 8.42. The number of hydrogen-bond donors (Lipinski definition) is 0. The summed E-state index contributed by atoms with van der Waals surface area (Å²) in [4.78, 5) is 2.38. The van der Waals surface area contributed by atoms with Crippen molar-refractivity contribution in [2.24, 2.45) is 0 Å². The van der Waals surface area contributed by atoms with E-state index in [2.05, 4.69) is 212 Å². The summed E-state index contributed by atoms with van der Waals surface area (Å²) in [5.74, 6) is 0. The molecule has 0 radical (unpaired) electrons. The maximum Gasteiger partial charge on any atom is 0.0713 e. The van der Waals surface area contributed by atoms with Gasteiger partial charge in [-0.3, -0.25) is 0 Å². The molecule has 0 saturated heterocycles. The van der Waals surface area contributed by atoms with Crippen LogP contribution in [0.15, 0.2) is 226 Å². The van der Waals surface area contributed by atoms with Gasteiger partial charge < -0.3 is 4.90 Å². The first kappa shape index (κ1) is 32.9. The van der Waals surface area contributed by atoms with Gasteiger partial charge in [0.1, 0.15) is 0 Å². The molecule has 0 bridgehead atoms. The first-order chi connectivity index (χ1) is 26.7. The van der Waals surface area contributed by atoms with Gasteiger partial charge in [-0.2, -0.15) is 0 Å². The van der Waals surface area contributed by atoms with E-state index in [-0.39, 0.29) is 0 Å². The highest BCUT2D eigenvalue weighted by Gasteiger charge is 2.46. The van der Waals surface area contributed by atoms with Crippen molar-refractivity contribution in [1.29, 1.82) is 0 Å². The van der Waals surface area contributed by atoms with Gasteiger partial charge in [-0.1, -0.05) is 183 Å². The van der Waals surface area contributed by atoms with E-state index in [1.165, 1.54) is 55.3 Å². The Hall–Kier alpha value is -6.96. The van der Waals surface area contributed by atoms with Crippen molar-refractivity contribution in [3.63, 3.8) is 0 Å². The maximum absolute atomic E-state index is 4.04. The number of nitrogens with zero attached hydrogens (tertiary/aromatic N) is 1. The molecule has 0 amide bonds. The lowest BCUT2D eigenvalue weighted by Crippen LogP contribution is -2.28. The van der Waals surface area contributed by atoms with Gasteiger partial charge in [0.25, 0.3) is 0 Å². The van der Waals surface area contributed by atoms with Crippen LogP contribution in [0.5, 0.6) is 0 Å². The molecule has 0 N–H and O–H groups in total. The topological polar surface area (TPSA) is 3.24 Å². The van der Waals surface area contributed by atoms with Crippen molar-refractivity contribution in [3.05, 3.63) is 253 Å². The fraction of sp³-hybridized carbons (Fsp3) is 0.0189. The van der Waals surface area contributed by atoms with Gasteiger partial charge in [0.05, 0.1) is 5.41 Å². The Kier molecular flexibility index (Phi) is 8.46. The zero-order valence-electron chi connectivity index (χ0n) is 30.1. The predicted molar refractivity (Wildman–Crippen MR) is 230 cm³/mol. The summed E-state index contributed by atoms with van der Waals surface area (Å²) < 4.78 is 0. The fourth-order valence-electron chi connectivity index (χ4n) is 8.42. The first-order valence-corrected chi connectivity index (χ1v) is 18.5. The van der Waals surface area contributed by atoms with Gasteiger partial charge in [-0.15, -0.1) is 0 Å². The first-order valence-electron chi connectivity index (χ1n) is 18.5. The molecule has 1 aliphatic carbocycles. The summed E-state index contributed by atoms with van der Waals surface area (Å²) in [6.45, 7) is 7.95. The highest BCUT2D eigenvalue weighted by molar-refractivity contribution is 5.94. The number of fused-ring (bicyclic) bond motifs is 4. The van der Waals surface area contributed by atoms with E-state index in [1.807, 2.05) is 18.2 Å². The number of rotatable bonds is 9. The minimum Gasteiger partial charge on any atom is -0.310 e. The van der Waals surface area contributed by atoms with Crippen molar-refractivity contribution >= 4 is 33.4 Å². The van der Waals surface area contributed by atoms with Crippen LogP contribution in [0, 0.1) is 0 Å². The Bertz CT molecular complexity index is 2630.